The molecule has 1 aromatic rings. The molecule has 2 rings (SSSR count). The lowest BCUT2D eigenvalue weighted by Gasteiger charge is -2.07. The van der Waals surface area contributed by atoms with Gasteiger partial charge in [-0.3, -0.25) is 5.32 Å². The zero-order chi connectivity index (χ0) is 8.55. The number of halogens is 1. The van der Waals surface area contributed by atoms with Gasteiger partial charge in [0.2, 0.25) is 0 Å². The highest BCUT2D eigenvalue weighted by atomic mass is 79.9. The fourth-order valence-electron chi connectivity index (χ4n) is 1.24. The summed E-state index contributed by atoms with van der Waals surface area (Å²) in [5.74, 6) is 0. The minimum absolute atomic E-state index is 0.108. The van der Waals surface area contributed by atoms with Crippen LogP contribution in [0.3, 0.4) is 0 Å². The molecule has 0 aromatic carbocycles. The van der Waals surface area contributed by atoms with Gasteiger partial charge in [-0.25, -0.2) is 0 Å². The number of hydrogen-bond acceptors (Lipinski definition) is 3. The number of ether oxygens (including phenoxy) is 1. The van der Waals surface area contributed by atoms with E-state index in [9.17, 15) is 0 Å². The predicted octanol–water partition coefficient (Wildman–Crippen LogP) is 2.52. The van der Waals surface area contributed by atoms with E-state index in [1.807, 2.05) is 6.07 Å². The molecule has 1 aromatic heterocycles. The topological polar surface area (TPSA) is 21.3 Å². The first kappa shape index (κ1) is 8.69. The largest absolute Gasteiger partial charge is 0.354 e. The van der Waals surface area contributed by atoms with E-state index in [1.54, 1.807) is 11.3 Å². The van der Waals surface area contributed by atoms with Gasteiger partial charge in [0.25, 0.3) is 0 Å². The van der Waals surface area contributed by atoms with Crippen LogP contribution in [0.5, 0.6) is 0 Å². The molecule has 0 saturated carbocycles. The van der Waals surface area contributed by atoms with Crippen LogP contribution in [0.25, 0.3) is 0 Å². The Morgan fingerprint density at radius 1 is 1.67 bits per heavy atom. The van der Waals surface area contributed by atoms with Crippen LogP contribution in [-0.4, -0.2) is 12.6 Å². The van der Waals surface area contributed by atoms with Gasteiger partial charge in [-0.05, 0) is 35.0 Å². The second-order valence-electron chi connectivity index (χ2n) is 2.88. The summed E-state index contributed by atoms with van der Waals surface area (Å²) in [7, 11) is 0. The standard InChI is InChI=1S/C8H10BrNOS/c1-5-4-10-8(11-5)6-2-3-7(9)12-6/h2-3,5,8,10H,4H2,1H3. The maximum Gasteiger partial charge on any atom is 0.144 e. The van der Waals surface area contributed by atoms with Crippen LogP contribution in [-0.2, 0) is 4.74 Å². The molecule has 0 spiro atoms. The third-order valence-corrected chi connectivity index (χ3v) is 3.48. The van der Waals surface area contributed by atoms with Crippen LogP contribution < -0.4 is 5.32 Å². The van der Waals surface area contributed by atoms with Crippen molar-refractivity contribution in [3.8, 4) is 0 Å². The molecule has 2 atom stereocenters. The third kappa shape index (κ3) is 1.71. The van der Waals surface area contributed by atoms with E-state index in [0.29, 0.717) is 6.10 Å². The Hall–Kier alpha value is 0.1000. The molecule has 1 N–H and O–H groups in total. The molecule has 1 aliphatic heterocycles. The lowest BCUT2D eigenvalue weighted by molar-refractivity contribution is 0.0533. The Kier molecular flexibility index (Phi) is 2.50. The second kappa shape index (κ2) is 3.46. The first-order valence-electron chi connectivity index (χ1n) is 3.90. The summed E-state index contributed by atoms with van der Waals surface area (Å²) in [6.07, 6.45) is 0.437. The first-order chi connectivity index (χ1) is 5.75. The molecule has 66 valence electrons. The van der Waals surface area contributed by atoms with Gasteiger partial charge in [0, 0.05) is 11.4 Å². The Morgan fingerprint density at radius 3 is 3.00 bits per heavy atom. The summed E-state index contributed by atoms with van der Waals surface area (Å²) in [6.45, 7) is 3.02. The van der Waals surface area contributed by atoms with Gasteiger partial charge in [-0.15, -0.1) is 11.3 Å². The van der Waals surface area contributed by atoms with E-state index in [0.717, 1.165) is 10.3 Å². The van der Waals surface area contributed by atoms with Crippen LogP contribution in [0.15, 0.2) is 15.9 Å². The van der Waals surface area contributed by atoms with Crippen molar-refractivity contribution < 1.29 is 4.74 Å². The quantitative estimate of drug-likeness (QED) is 0.824. The minimum atomic E-state index is 0.108. The predicted molar refractivity (Wildman–Crippen MR) is 53.3 cm³/mol. The number of nitrogens with one attached hydrogen (secondary N) is 1. The monoisotopic (exact) mass is 247 g/mol. The maximum absolute atomic E-state index is 5.64. The van der Waals surface area contributed by atoms with Gasteiger partial charge >= 0.3 is 0 Å². The van der Waals surface area contributed by atoms with Gasteiger partial charge in [0.05, 0.1) is 9.89 Å². The third-order valence-electron chi connectivity index (χ3n) is 1.81. The highest BCUT2D eigenvalue weighted by molar-refractivity contribution is 9.11. The summed E-state index contributed by atoms with van der Waals surface area (Å²) < 4.78 is 6.79. The highest BCUT2D eigenvalue weighted by Gasteiger charge is 2.23. The Balaban J connectivity index is 2.11. The van der Waals surface area contributed by atoms with E-state index in [4.69, 9.17) is 4.74 Å². The summed E-state index contributed by atoms with van der Waals surface area (Å²) >= 11 is 5.15. The van der Waals surface area contributed by atoms with E-state index in [-0.39, 0.29) is 6.23 Å². The maximum atomic E-state index is 5.64. The molecule has 0 bridgehead atoms. The van der Waals surface area contributed by atoms with Crippen LogP contribution in [0.2, 0.25) is 0 Å². The number of thiophene rings is 1. The van der Waals surface area contributed by atoms with Crippen LogP contribution in [0.4, 0.5) is 0 Å². The minimum Gasteiger partial charge on any atom is -0.354 e. The lowest BCUT2D eigenvalue weighted by Crippen LogP contribution is -2.13. The van der Waals surface area contributed by atoms with Gasteiger partial charge in [-0.2, -0.15) is 0 Å². The van der Waals surface area contributed by atoms with Crippen LogP contribution in [0.1, 0.15) is 18.0 Å². The van der Waals surface area contributed by atoms with Crippen molar-refractivity contribution in [1.29, 1.82) is 0 Å². The zero-order valence-electron chi connectivity index (χ0n) is 6.71. The summed E-state index contributed by atoms with van der Waals surface area (Å²) in [5.41, 5.74) is 0. The van der Waals surface area contributed by atoms with Crippen molar-refractivity contribution in [1.82, 2.24) is 5.32 Å². The van der Waals surface area contributed by atoms with Gasteiger partial charge in [0.1, 0.15) is 6.23 Å². The van der Waals surface area contributed by atoms with Crippen molar-refractivity contribution in [2.45, 2.75) is 19.3 Å². The van der Waals surface area contributed by atoms with Crippen molar-refractivity contribution >= 4 is 27.3 Å². The van der Waals surface area contributed by atoms with E-state index >= 15 is 0 Å². The summed E-state index contributed by atoms with van der Waals surface area (Å²) in [4.78, 5) is 1.24. The summed E-state index contributed by atoms with van der Waals surface area (Å²) in [5, 5.41) is 3.30. The lowest BCUT2D eigenvalue weighted by atomic mass is 10.4. The van der Waals surface area contributed by atoms with Gasteiger partial charge in [-0.1, -0.05) is 0 Å². The van der Waals surface area contributed by atoms with Gasteiger partial charge < -0.3 is 4.74 Å². The molecule has 12 heavy (non-hydrogen) atoms. The second-order valence-corrected chi connectivity index (χ2v) is 5.37. The SMILES string of the molecule is CC1CNC(c2ccc(Br)s2)O1. The molecule has 0 radical (unpaired) electrons. The first-order valence-corrected chi connectivity index (χ1v) is 5.51. The molecule has 1 fully saturated rings. The van der Waals surface area contributed by atoms with E-state index in [2.05, 4.69) is 34.2 Å². The molecule has 2 heterocycles. The molecule has 2 unspecified atom stereocenters. The Morgan fingerprint density at radius 2 is 2.50 bits per heavy atom. The average molecular weight is 248 g/mol. The number of hydrogen-bond donors (Lipinski definition) is 1. The molecular weight excluding hydrogens is 238 g/mol. The van der Waals surface area contributed by atoms with Crippen molar-refractivity contribution in [2.75, 3.05) is 6.54 Å². The van der Waals surface area contributed by atoms with E-state index in [1.165, 1.54) is 4.88 Å². The van der Waals surface area contributed by atoms with Crippen molar-refractivity contribution in [3.63, 3.8) is 0 Å². The van der Waals surface area contributed by atoms with Crippen LogP contribution in [0, 0.1) is 0 Å². The molecule has 0 aliphatic carbocycles. The molecule has 1 aliphatic rings. The normalized spacial score (nSPS) is 29.5. The van der Waals surface area contributed by atoms with Crippen molar-refractivity contribution in [2.24, 2.45) is 0 Å². The molecule has 1 saturated heterocycles. The summed E-state index contributed by atoms with van der Waals surface area (Å²) in [6, 6.07) is 4.14. The Labute approximate surface area is 84.1 Å². The fourth-order valence-corrected chi connectivity index (χ4v) is 2.67. The molecule has 0 amide bonds. The Bertz CT molecular complexity index is 276. The van der Waals surface area contributed by atoms with Gasteiger partial charge in [0.15, 0.2) is 0 Å². The molecule has 4 heteroatoms. The fraction of sp³-hybridized carbons (Fsp3) is 0.500. The van der Waals surface area contributed by atoms with Crippen LogP contribution >= 0.6 is 27.3 Å². The van der Waals surface area contributed by atoms with E-state index < -0.39 is 0 Å². The number of rotatable bonds is 1. The molecular formula is C8H10BrNOS. The average Bonchev–Trinajstić information content (AvgIpc) is 2.58. The van der Waals surface area contributed by atoms with Crippen molar-refractivity contribution in [3.05, 3.63) is 20.8 Å². The zero-order valence-corrected chi connectivity index (χ0v) is 9.11. The molecule has 2 nitrogen and oxygen atoms in total. The smallest absolute Gasteiger partial charge is 0.144 e. The highest BCUT2D eigenvalue weighted by Crippen LogP contribution is 2.30.